The van der Waals surface area contributed by atoms with Crippen LogP contribution < -0.4 is 19.7 Å². The molecule has 4 rings (SSSR count). The summed E-state index contributed by atoms with van der Waals surface area (Å²) >= 11 is 0. The van der Waals surface area contributed by atoms with Gasteiger partial charge in [-0.3, -0.25) is 4.79 Å². The Labute approximate surface area is 172 Å². The molecule has 5 nitrogen and oxygen atoms in total. The fraction of sp³-hybridized carbons (Fsp3) is 0.375. The van der Waals surface area contributed by atoms with Crippen molar-refractivity contribution in [2.24, 2.45) is 0 Å². The number of methoxy groups -OCH3 is 2. The Kier molecular flexibility index (Phi) is 4.56. The van der Waals surface area contributed by atoms with Crippen molar-refractivity contribution in [3.63, 3.8) is 0 Å². The van der Waals surface area contributed by atoms with E-state index >= 15 is 0 Å². The van der Waals surface area contributed by atoms with Gasteiger partial charge in [-0.2, -0.15) is 0 Å². The maximum Gasteiger partial charge on any atom is 0.241 e. The van der Waals surface area contributed by atoms with Crippen molar-refractivity contribution in [1.82, 2.24) is 5.32 Å². The van der Waals surface area contributed by atoms with Gasteiger partial charge in [-0.05, 0) is 47.9 Å². The number of hydrogen-bond acceptors (Lipinski definition) is 4. The standard InChI is InChI=1S/C24H28N2O3/c1-6-16-7-9-20-19(13-16)23(2,3)24(25-22(27)15-26(20)24)12-11-17-14-18(28-4)8-10-21(17)29-5/h7-14H,6,15H2,1-5H3,(H,25,27)/b12-11+. The van der Waals surface area contributed by atoms with E-state index in [-0.39, 0.29) is 11.3 Å². The van der Waals surface area contributed by atoms with Gasteiger partial charge in [0.25, 0.3) is 0 Å². The molecule has 0 bridgehead atoms. The average molecular weight is 392 g/mol. The summed E-state index contributed by atoms with van der Waals surface area (Å²) < 4.78 is 10.9. The van der Waals surface area contributed by atoms with Crippen LogP contribution in [0.15, 0.2) is 42.5 Å². The molecule has 2 aliphatic heterocycles. The molecule has 0 aromatic heterocycles. The zero-order valence-electron chi connectivity index (χ0n) is 17.7. The van der Waals surface area contributed by atoms with Crippen LogP contribution in [-0.4, -0.2) is 32.3 Å². The minimum Gasteiger partial charge on any atom is -0.497 e. The molecule has 0 aliphatic carbocycles. The molecule has 1 N–H and O–H groups in total. The highest BCUT2D eigenvalue weighted by atomic mass is 16.5. The van der Waals surface area contributed by atoms with E-state index in [9.17, 15) is 4.79 Å². The smallest absolute Gasteiger partial charge is 0.241 e. The normalized spacial score (nSPS) is 21.8. The lowest BCUT2D eigenvalue weighted by Gasteiger charge is -2.40. The lowest BCUT2D eigenvalue weighted by molar-refractivity contribution is -0.118. The van der Waals surface area contributed by atoms with Gasteiger partial charge in [0.05, 0.1) is 20.8 Å². The van der Waals surface area contributed by atoms with Crippen LogP contribution in [0.3, 0.4) is 0 Å². The first kappa shape index (κ1) is 19.4. The largest absolute Gasteiger partial charge is 0.497 e. The molecule has 1 saturated heterocycles. The lowest BCUT2D eigenvalue weighted by Crippen LogP contribution is -2.58. The molecule has 2 aliphatic rings. The number of rotatable bonds is 5. The van der Waals surface area contributed by atoms with Crippen molar-refractivity contribution in [1.29, 1.82) is 0 Å². The van der Waals surface area contributed by atoms with Crippen LogP contribution in [0.1, 0.15) is 37.5 Å². The highest BCUT2D eigenvalue weighted by Gasteiger charge is 2.59. The van der Waals surface area contributed by atoms with E-state index in [1.54, 1.807) is 14.2 Å². The molecule has 2 heterocycles. The summed E-state index contributed by atoms with van der Waals surface area (Å²) in [6, 6.07) is 12.3. The van der Waals surface area contributed by atoms with E-state index in [0.29, 0.717) is 6.54 Å². The summed E-state index contributed by atoms with van der Waals surface area (Å²) in [6.07, 6.45) is 5.11. The number of fused-ring (bicyclic) bond motifs is 3. The van der Waals surface area contributed by atoms with Crippen LogP contribution in [-0.2, 0) is 16.6 Å². The second kappa shape index (κ2) is 6.83. The molecule has 1 fully saturated rings. The second-order valence-electron chi connectivity index (χ2n) is 8.17. The van der Waals surface area contributed by atoms with Gasteiger partial charge in [-0.1, -0.05) is 39.0 Å². The summed E-state index contributed by atoms with van der Waals surface area (Å²) in [4.78, 5) is 14.7. The molecule has 1 atom stereocenters. The van der Waals surface area contributed by atoms with Gasteiger partial charge in [0, 0.05) is 16.7 Å². The molecule has 152 valence electrons. The van der Waals surface area contributed by atoms with Crippen molar-refractivity contribution in [2.45, 2.75) is 38.3 Å². The van der Waals surface area contributed by atoms with E-state index in [1.807, 2.05) is 24.3 Å². The minimum atomic E-state index is -0.632. The highest BCUT2D eigenvalue weighted by molar-refractivity contribution is 5.91. The number of hydrogen-bond donors (Lipinski definition) is 1. The third-order valence-corrected chi connectivity index (χ3v) is 6.38. The van der Waals surface area contributed by atoms with Crippen molar-refractivity contribution < 1.29 is 14.3 Å². The van der Waals surface area contributed by atoms with E-state index in [2.05, 4.69) is 55.3 Å². The minimum absolute atomic E-state index is 0.0329. The summed E-state index contributed by atoms with van der Waals surface area (Å²) in [6.45, 7) is 6.91. The molecule has 0 spiro atoms. The Balaban J connectivity index is 1.83. The summed E-state index contributed by atoms with van der Waals surface area (Å²) in [5, 5.41) is 3.27. The van der Waals surface area contributed by atoms with Crippen molar-refractivity contribution in [3.8, 4) is 11.5 Å². The lowest BCUT2D eigenvalue weighted by atomic mass is 9.75. The second-order valence-corrected chi connectivity index (χ2v) is 8.17. The van der Waals surface area contributed by atoms with Gasteiger partial charge in [0.15, 0.2) is 0 Å². The van der Waals surface area contributed by atoms with Crippen molar-refractivity contribution in [3.05, 3.63) is 59.2 Å². The monoisotopic (exact) mass is 392 g/mol. The maximum absolute atomic E-state index is 12.5. The van der Waals surface area contributed by atoms with Gasteiger partial charge in [0.1, 0.15) is 17.2 Å². The molecule has 1 amide bonds. The third kappa shape index (κ3) is 2.79. The van der Waals surface area contributed by atoms with Gasteiger partial charge >= 0.3 is 0 Å². The maximum atomic E-state index is 12.5. The number of benzene rings is 2. The highest BCUT2D eigenvalue weighted by Crippen LogP contribution is 2.53. The topological polar surface area (TPSA) is 50.8 Å². The Bertz CT molecular complexity index is 996. The fourth-order valence-corrected chi connectivity index (χ4v) is 4.62. The zero-order chi connectivity index (χ0) is 20.8. The Hall–Kier alpha value is -2.95. The molecule has 2 aromatic rings. The number of nitrogens with one attached hydrogen (secondary N) is 1. The van der Waals surface area contributed by atoms with Crippen LogP contribution in [0.25, 0.3) is 6.08 Å². The van der Waals surface area contributed by atoms with Crippen LogP contribution in [0.2, 0.25) is 0 Å². The zero-order valence-corrected chi connectivity index (χ0v) is 17.7. The molecule has 1 unspecified atom stereocenters. The number of aryl methyl sites for hydroxylation is 1. The summed E-state index contributed by atoms with van der Waals surface area (Å²) in [5.41, 5.74) is 3.66. The number of amides is 1. The number of nitrogens with zero attached hydrogens (tertiary/aromatic N) is 1. The van der Waals surface area contributed by atoms with Crippen molar-refractivity contribution >= 4 is 17.7 Å². The molecule has 2 aromatic carbocycles. The predicted octanol–water partition coefficient (Wildman–Crippen LogP) is 3.90. The van der Waals surface area contributed by atoms with E-state index in [4.69, 9.17) is 9.47 Å². The average Bonchev–Trinajstić information content (AvgIpc) is 3.16. The summed E-state index contributed by atoms with van der Waals surface area (Å²) in [5.74, 6) is 1.55. The Morgan fingerprint density at radius 2 is 1.93 bits per heavy atom. The first-order chi connectivity index (χ1) is 13.9. The predicted molar refractivity (Wildman–Crippen MR) is 116 cm³/mol. The van der Waals surface area contributed by atoms with Gasteiger partial charge < -0.3 is 19.7 Å². The van der Waals surface area contributed by atoms with Crippen LogP contribution >= 0.6 is 0 Å². The number of carbonyl (C=O) groups excluding carboxylic acids is 1. The molecule has 5 heteroatoms. The summed E-state index contributed by atoms with van der Waals surface area (Å²) in [7, 11) is 3.30. The molecular weight excluding hydrogens is 364 g/mol. The first-order valence-corrected chi connectivity index (χ1v) is 9.99. The molecule has 29 heavy (non-hydrogen) atoms. The van der Waals surface area contributed by atoms with Crippen LogP contribution in [0.4, 0.5) is 5.69 Å². The molecule has 0 radical (unpaired) electrons. The van der Waals surface area contributed by atoms with E-state index in [0.717, 1.165) is 29.2 Å². The van der Waals surface area contributed by atoms with Gasteiger partial charge in [-0.25, -0.2) is 0 Å². The first-order valence-electron chi connectivity index (χ1n) is 9.99. The Morgan fingerprint density at radius 3 is 2.62 bits per heavy atom. The molecular formula is C24H28N2O3. The van der Waals surface area contributed by atoms with Crippen LogP contribution in [0.5, 0.6) is 11.5 Å². The van der Waals surface area contributed by atoms with E-state index < -0.39 is 5.66 Å². The van der Waals surface area contributed by atoms with Gasteiger partial charge in [0.2, 0.25) is 5.91 Å². The fourth-order valence-electron chi connectivity index (χ4n) is 4.62. The van der Waals surface area contributed by atoms with Gasteiger partial charge in [-0.15, -0.1) is 0 Å². The van der Waals surface area contributed by atoms with Crippen molar-refractivity contribution in [2.75, 3.05) is 25.7 Å². The number of ether oxygens (including phenoxy) is 2. The quantitative estimate of drug-likeness (QED) is 0.838. The molecule has 0 saturated carbocycles. The Morgan fingerprint density at radius 1 is 1.14 bits per heavy atom. The number of anilines is 1. The SMILES string of the molecule is CCc1ccc2c(c1)C(C)(C)C1(/C=C/c3cc(OC)ccc3OC)NC(=O)CN21. The van der Waals surface area contributed by atoms with Crippen LogP contribution in [0, 0.1) is 0 Å². The third-order valence-electron chi connectivity index (χ3n) is 6.38. The van der Waals surface area contributed by atoms with E-state index in [1.165, 1.54) is 11.1 Å². The number of carbonyl (C=O) groups is 1.